The highest BCUT2D eigenvalue weighted by molar-refractivity contribution is 7.80. The average Bonchev–Trinajstić information content (AvgIpc) is 2.49. The average molecular weight is 198 g/mol. The Hall–Kier alpha value is -1.60. The van der Waals surface area contributed by atoms with E-state index < -0.39 is 6.09 Å². The van der Waals surface area contributed by atoms with Crippen molar-refractivity contribution >= 4 is 23.3 Å². The molecule has 6 nitrogen and oxygen atoms in total. The number of fused-ring (bicyclic) bond motifs is 1. The van der Waals surface area contributed by atoms with Crippen molar-refractivity contribution in [3.05, 3.63) is 24.3 Å². The summed E-state index contributed by atoms with van der Waals surface area (Å²) in [4.78, 5) is 11.1. The molecule has 3 N–H and O–H groups in total. The molecule has 0 aromatic rings. The first-order valence-corrected chi connectivity index (χ1v) is 3.87. The van der Waals surface area contributed by atoms with Gasteiger partial charge in [0.2, 0.25) is 0 Å². The van der Waals surface area contributed by atoms with Gasteiger partial charge in [-0.15, -0.1) is 5.53 Å². The summed E-state index contributed by atoms with van der Waals surface area (Å²) in [5.74, 6) is 0.593. The first-order chi connectivity index (χ1) is 6.18. The summed E-state index contributed by atoms with van der Waals surface area (Å²) in [5, 5.41) is 13.9. The molecule has 13 heavy (non-hydrogen) atoms. The Balaban J connectivity index is 2.24. The normalized spacial score (nSPS) is 19.7. The fourth-order valence-electron chi connectivity index (χ4n) is 1.01. The summed E-state index contributed by atoms with van der Waals surface area (Å²) < 4.78 is 0. The van der Waals surface area contributed by atoms with Crippen LogP contribution in [0.3, 0.4) is 0 Å². The van der Waals surface area contributed by atoms with Gasteiger partial charge in [-0.2, -0.15) is 5.01 Å². The zero-order valence-electron chi connectivity index (χ0n) is 6.39. The lowest BCUT2D eigenvalue weighted by Gasteiger charge is -2.23. The Kier molecular flexibility index (Phi) is 1.67. The molecule has 7 heteroatoms. The SMILES string of the molecule is O=C(O)N1C=C2NC=CC(=S)N2N1. The number of nitrogens with zero attached hydrogens (tertiary/aromatic N) is 2. The van der Waals surface area contributed by atoms with Crippen molar-refractivity contribution in [3.63, 3.8) is 0 Å². The van der Waals surface area contributed by atoms with Gasteiger partial charge in [0, 0.05) is 6.20 Å². The summed E-state index contributed by atoms with van der Waals surface area (Å²) >= 11 is 4.96. The zero-order chi connectivity index (χ0) is 9.42. The maximum Gasteiger partial charge on any atom is 0.427 e. The van der Waals surface area contributed by atoms with Gasteiger partial charge in [0.15, 0.2) is 0 Å². The molecule has 0 aromatic heterocycles. The monoisotopic (exact) mass is 198 g/mol. The minimum Gasteiger partial charge on any atom is -0.464 e. The quantitative estimate of drug-likeness (QED) is 0.474. The van der Waals surface area contributed by atoms with E-state index in [4.69, 9.17) is 17.3 Å². The van der Waals surface area contributed by atoms with Gasteiger partial charge in [0.25, 0.3) is 0 Å². The van der Waals surface area contributed by atoms with E-state index in [2.05, 4.69) is 10.9 Å². The van der Waals surface area contributed by atoms with Crippen molar-refractivity contribution in [1.82, 2.24) is 20.9 Å². The molecule has 0 saturated heterocycles. The van der Waals surface area contributed by atoms with E-state index in [1.165, 1.54) is 11.2 Å². The van der Waals surface area contributed by atoms with Crippen LogP contribution >= 0.6 is 12.2 Å². The molecule has 2 aliphatic rings. The summed E-state index contributed by atoms with van der Waals surface area (Å²) in [5.41, 5.74) is 2.56. The molecular weight excluding hydrogens is 192 g/mol. The Bertz CT molecular complexity index is 338. The van der Waals surface area contributed by atoms with Crippen molar-refractivity contribution in [2.45, 2.75) is 0 Å². The summed E-state index contributed by atoms with van der Waals surface area (Å²) in [6, 6.07) is 0. The van der Waals surface area contributed by atoms with Crippen LogP contribution in [0.25, 0.3) is 0 Å². The highest BCUT2D eigenvalue weighted by atomic mass is 32.1. The van der Waals surface area contributed by atoms with Crippen LogP contribution in [0.2, 0.25) is 0 Å². The minimum atomic E-state index is -1.09. The van der Waals surface area contributed by atoms with Crippen molar-refractivity contribution < 1.29 is 9.90 Å². The number of hydrazine groups is 2. The molecule has 0 bridgehead atoms. The van der Waals surface area contributed by atoms with E-state index in [9.17, 15) is 4.79 Å². The molecule has 0 spiro atoms. The maximum atomic E-state index is 10.6. The van der Waals surface area contributed by atoms with Crippen LogP contribution in [0.15, 0.2) is 24.3 Å². The van der Waals surface area contributed by atoms with Gasteiger partial charge < -0.3 is 10.4 Å². The first-order valence-electron chi connectivity index (χ1n) is 3.46. The smallest absolute Gasteiger partial charge is 0.427 e. The van der Waals surface area contributed by atoms with Crippen LogP contribution in [-0.2, 0) is 0 Å². The number of carbonyl (C=O) groups is 1. The van der Waals surface area contributed by atoms with Gasteiger partial charge >= 0.3 is 6.09 Å². The van der Waals surface area contributed by atoms with E-state index in [1.54, 1.807) is 12.3 Å². The topological polar surface area (TPSA) is 67.8 Å². The fourth-order valence-corrected chi connectivity index (χ4v) is 1.22. The number of nitrogens with one attached hydrogen (secondary N) is 2. The van der Waals surface area contributed by atoms with Crippen LogP contribution in [0.5, 0.6) is 0 Å². The Morgan fingerprint density at radius 2 is 2.38 bits per heavy atom. The van der Waals surface area contributed by atoms with E-state index >= 15 is 0 Å². The van der Waals surface area contributed by atoms with Gasteiger partial charge in [-0.1, -0.05) is 12.2 Å². The van der Waals surface area contributed by atoms with Gasteiger partial charge in [-0.05, 0) is 6.08 Å². The van der Waals surface area contributed by atoms with Crippen molar-refractivity contribution in [2.24, 2.45) is 0 Å². The zero-order valence-corrected chi connectivity index (χ0v) is 7.21. The predicted molar refractivity (Wildman–Crippen MR) is 47.8 cm³/mol. The summed E-state index contributed by atoms with van der Waals surface area (Å²) in [6.07, 6.45) is 3.62. The summed E-state index contributed by atoms with van der Waals surface area (Å²) in [6.45, 7) is 0. The van der Waals surface area contributed by atoms with Crippen molar-refractivity contribution in [3.8, 4) is 0 Å². The second-order valence-electron chi connectivity index (χ2n) is 2.42. The highest BCUT2D eigenvalue weighted by Crippen LogP contribution is 2.13. The molecule has 0 saturated carbocycles. The van der Waals surface area contributed by atoms with Gasteiger partial charge in [0.05, 0.1) is 6.20 Å². The number of thiocarbonyl (C=S) groups is 1. The van der Waals surface area contributed by atoms with Gasteiger partial charge in [0.1, 0.15) is 10.8 Å². The largest absolute Gasteiger partial charge is 0.464 e. The molecule has 0 radical (unpaired) electrons. The standard InChI is InChI=1S/C6H6N4O2S/c11-6(12)9-3-4-7-2-1-5(13)10(4)8-9/h1-3,7-8H,(H,11,12). The number of rotatable bonds is 0. The molecule has 0 atom stereocenters. The number of hydrogen-bond donors (Lipinski definition) is 3. The third kappa shape index (κ3) is 1.23. The van der Waals surface area contributed by atoms with Crippen LogP contribution in [0.1, 0.15) is 0 Å². The number of hydrogen-bond acceptors (Lipinski definition) is 4. The Morgan fingerprint density at radius 3 is 3.00 bits per heavy atom. The Morgan fingerprint density at radius 1 is 1.62 bits per heavy atom. The van der Waals surface area contributed by atoms with Gasteiger partial charge in [-0.3, -0.25) is 0 Å². The second-order valence-corrected chi connectivity index (χ2v) is 2.84. The van der Waals surface area contributed by atoms with Crippen LogP contribution in [0.4, 0.5) is 4.79 Å². The third-order valence-corrected chi connectivity index (χ3v) is 1.90. The second kappa shape index (κ2) is 2.71. The van der Waals surface area contributed by atoms with Crippen LogP contribution < -0.4 is 10.9 Å². The van der Waals surface area contributed by atoms with Gasteiger partial charge in [-0.25, -0.2) is 9.80 Å². The van der Waals surface area contributed by atoms with E-state index in [1.807, 2.05) is 0 Å². The molecule has 0 unspecified atom stereocenters. The lowest BCUT2D eigenvalue weighted by molar-refractivity contribution is 0.127. The minimum absolute atomic E-state index is 0.508. The molecule has 0 aliphatic carbocycles. The lowest BCUT2D eigenvalue weighted by Crippen LogP contribution is -2.47. The fraction of sp³-hybridized carbons (Fsp3) is 0. The predicted octanol–water partition coefficient (Wildman–Crippen LogP) is -0.0552. The summed E-state index contributed by atoms with van der Waals surface area (Å²) in [7, 11) is 0. The van der Waals surface area contributed by atoms with Crippen molar-refractivity contribution in [2.75, 3.05) is 0 Å². The Labute approximate surface area is 79.0 Å². The molecule has 2 aliphatic heterocycles. The van der Waals surface area contributed by atoms with E-state index in [-0.39, 0.29) is 0 Å². The molecule has 68 valence electrons. The molecule has 2 rings (SSSR count). The number of carboxylic acid groups (broad SMARTS) is 1. The molecule has 0 fully saturated rings. The first kappa shape index (κ1) is 8.02. The van der Waals surface area contributed by atoms with Crippen LogP contribution in [-0.4, -0.2) is 26.2 Å². The lowest BCUT2D eigenvalue weighted by atomic mass is 10.5. The van der Waals surface area contributed by atoms with E-state index in [0.717, 1.165) is 5.01 Å². The van der Waals surface area contributed by atoms with Crippen molar-refractivity contribution in [1.29, 1.82) is 0 Å². The van der Waals surface area contributed by atoms with Crippen LogP contribution in [0, 0.1) is 0 Å². The maximum absolute atomic E-state index is 10.6. The number of amides is 1. The highest BCUT2D eigenvalue weighted by Gasteiger charge is 2.27. The third-order valence-electron chi connectivity index (χ3n) is 1.58. The van der Waals surface area contributed by atoms with E-state index in [0.29, 0.717) is 10.8 Å². The molecule has 1 amide bonds. The molecule has 0 aromatic carbocycles. The molecule has 2 heterocycles. The molecular formula is C6H6N4O2S.